The second-order valence-corrected chi connectivity index (χ2v) is 7.01. The Morgan fingerprint density at radius 1 is 1.07 bits per heavy atom. The summed E-state index contributed by atoms with van der Waals surface area (Å²) in [6.45, 7) is 0. The molecule has 0 saturated carbocycles. The zero-order valence-electron chi connectivity index (χ0n) is 14.3. The van der Waals surface area contributed by atoms with Crippen molar-refractivity contribution in [2.45, 2.75) is 0 Å². The summed E-state index contributed by atoms with van der Waals surface area (Å²) in [6, 6.07) is 17.9. The minimum Gasteiger partial charge on any atom is -0.507 e. The lowest BCUT2D eigenvalue weighted by Gasteiger charge is -2.08. The molecule has 2 N–H and O–H groups in total. The number of aromatic nitrogens is 1. The van der Waals surface area contributed by atoms with Crippen LogP contribution >= 0.6 is 11.3 Å². The van der Waals surface area contributed by atoms with E-state index in [1.165, 1.54) is 41.7 Å². The number of nitro groups is 1. The molecule has 1 aromatic heterocycles. The summed E-state index contributed by atoms with van der Waals surface area (Å²) < 4.78 is 1.01. The monoisotopic (exact) mass is 391 g/mol. The molecule has 7 nitrogen and oxygen atoms in total. The molecule has 8 heteroatoms. The minimum absolute atomic E-state index is 0.0177. The van der Waals surface area contributed by atoms with E-state index < -0.39 is 10.8 Å². The van der Waals surface area contributed by atoms with Gasteiger partial charge in [-0.05, 0) is 30.3 Å². The number of aromatic hydroxyl groups is 1. The Kier molecular flexibility index (Phi) is 4.46. The summed E-state index contributed by atoms with van der Waals surface area (Å²) in [4.78, 5) is 27.2. The largest absolute Gasteiger partial charge is 0.507 e. The van der Waals surface area contributed by atoms with Crippen LogP contribution in [0, 0.1) is 10.1 Å². The summed E-state index contributed by atoms with van der Waals surface area (Å²) in [5.41, 5.74) is 1.78. The lowest BCUT2D eigenvalue weighted by atomic mass is 10.1. The molecular formula is C20H13N3O4S. The first-order valence-corrected chi connectivity index (χ1v) is 9.08. The van der Waals surface area contributed by atoms with E-state index in [4.69, 9.17) is 0 Å². The van der Waals surface area contributed by atoms with E-state index in [1.807, 2.05) is 24.3 Å². The van der Waals surface area contributed by atoms with Crippen molar-refractivity contribution in [2.75, 3.05) is 5.32 Å². The second-order valence-electron chi connectivity index (χ2n) is 5.98. The molecule has 0 fully saturated rings. The van der Waals surface area contributed by atoms with Crippen LogP contribution in [0.25, 0.3) is 20.8 Å². The standard InChI is InChI=1S/C20H13N3O4S/c24-17-11-13(21-19(25)12-4-3-5-14(10-12)23(26)27)8-9-15(17)20-22-16-6-1-2-7-18(16)28-20/h1-11,24H,(H,21,25). The van der Waals surface area contributed by atoms with E-state index in [0.29, 0.717) is 16.3 Å². The predicted octanol–water partition coefficient (Wildman–Crippen LogP) is 4.83. The van der Waals surface area contributed by atoms with Gasteiger partial charge in [-0.2, -0.15) is 0 Å². The number of non-ortho nitro benzene ring substituents is 1. The van der Waals surface area contributed by atoms with Crippen LogP contribution in [0.2, 0.25) is 0 Å². The molecule has 0 aliphatic rings. The Balaban J connectivity index is 1.58. The van der Waals surface area contributed by atoms with Gasteiger partial charge >= 0.3 is 0 Å². The number of para-hydroxylation sites is 1. The highest BCUT2D eigenvalue weighted by Gasteiger charge is 2.14. The molecule has 28 heavy (non-hydrogen) atoms. The number of phenolic OH excluding ortho intramolecular Hbond substituents is 1. The van der Waals surface area contributed by atoms with Gasteiger partial charge in [-0.3, -0.25) is 14.9 Å². The van der Waals surface area contributed by atoms with Gasteiger partial charge in [0.1, 0.15) is 10.8 Å². The number of benzene rings is 3. The number of nitrogens with zero attached hydrogens (tertiary/aromatic N) is 2. The number of fused-ring (bicyclic) bond motifs is 1. The second kappa shape index (κ2) is 7.09. The summed E-state index contributed by atoms with van der Waals surface area (Å²) in [6.07, 6.45) is 0. The van der Waals surface area contributed by atoms with Gasteiger partial charge in [-0.15, -0.1) is 11.3 Å². The van der Waals surface area contributed by atoms with Crippen molar-refractivity contribution < 1.29 is 14.8 Å². The van der Waals surface area contributed by atoms with Crippen molar-refractivity contribution >= 4 is 38.8 Å². The smallest absolute Gasteiger partial charge is 0.270 e. The number of nitrogens with one attached hydrogen (secondary N) is 1. The first kappa shape index (κ1) is 17.6. The molecule has 0 bridgehead atoms. The number of hydrogen-bond donors (Lipinski definition) is 2. The topological polar surface area (TPSA) is 105 Å². The van der Waals surface area contributed by atoms with Gasteiger partial charge in [0.15, 0.2) is 0 Å². The SMILES string of the molecule is O=C(Nc1ccc(-c2nc3ccccc3s2)c(O)c1)c1cccc([N+](=O)[O-])c1. The van der Waals surface area contributed by atoms with Gasteiger partial charge in [0.2, 0.25) is 0 Å². The Hall–Kier alpha value is -3.78. The van der Waals surface area contributed by atoms with Crippen LogP contribution in [0.15, 0.2) is 66.7 Å². The van der Waals surface area contributed by atoms with Crippen molar-refractivity contribution in [3.05, 3.63) is 82.4 Å². The highest BCUT2D eigenvalue weighted by Crippen LogP contribution is 2.36. The van der Waals surface area contributed by atoms with Gasteiger partial charge < -0.3 is 10.4 Å². The van der Waals surface area contributed by atoms with Crippen LogP contribution in [0.5, 0.6) is 5.75 Å². The highest BCUT2D eigenvalue weighted by atomic mass is 32.1. The molecule has 0 atom stereocenters. The molecule has 1 heterocycles. The van der Waals surface area contributed by atoms with Gasteiger partial charge in [-0.1, -0.05) is 18.2 Å². The van der Waals surface area contributed by atoms with Crippen molar-refractivity contribution in [2.24, 2.45) is 0 Å². The molecule has 0 saturated heterocycles. The Morgan fingerprint density at radius 2 is 1.89 bits per heavy atom. The van der Waals surface area contributed by atoms with Crippen LogP contribution in [0.1, 0.15) is 10.4 Å². The number of rotatable bonds is 4. The third-order valence-corrected chi connectivity index (χ3v) is 5.17. The van der Waals surface area contributed by atoms with E-state index in [0.717, 1.165) is 10.2 Å². The van der Waals surface area contributed by atoms with E-state index in [1.54, 1.807) is 12.1 Å². The van der Waals surface area contributed by atoms with Gasteiger partial charge in [0, 0.05) is 29.4 Å². The normalized spacial score (nSPS) is 10.7. The van der Waals surface area contributed by atoms with E-state index >= 15 is 0 Å². The van der Waals surface area contributed by atoms with E-state index in [9.17, 15) is 20.0 Å². The molecule has 0 unspecified atom stereocenters. The Bertz CT molecular complexity index is 1190. The van der Waals surface area contributed by atoms with Gasteiger partial charge in [0.05, 0.1) is 20.7 Å². The fourth-order valence-corrected chi connectivity index (χ4v) is 3.74. The maximum absolute atomic E-state index is 12.3. The van der Waals surface area contributed by atoms with Gasteiger partial charge in [0.25, 0.3) is 11.6 Å². The van der Waals surface area contributed by atoms with Crippen molar-refractivity contribution in [1.29, 1.82) is 0 Å². The molecule has 138 valence electrons. The molecule has 0 radical (unpaired) electrons. The van der Waals surface area contributed by atoms with Gasteiger partial charge in [-0.25, -0.2) is 4.98 Å². The summed E-state index contributed by atoms with van der Waals surface area (Å²) in [5.74, 6) is -0.522. The molecule has 1 amide bonds. The molecule has 0 spiro atoms. The zero-order chi connectivity index (χ0) is 19.7. The maximum Gasteiger partial charge on any atom is 0.270 e. The predicted molar refractivity (Wildman–Crippen MR) is 108 cm³/mol. The zero-order valence-corrected chi connectivity index (χ0v) is 15.1. The quantitative estimate of drug-likeness (QED) is 0.383. The Labute approximate surface area is 163 Å². The summed E-state index contributed by atoms with van der Waals surface area (Å²) in [7, 11) is 0. The number of nitro benzene ring substituents is 1. The number of carbonyl (C=O) groups is 1. The third-order valence-electron chi connectivity index (χ3n) is 4.10. The fourth-order valence-electron chi connectivity index (χ4n) is 2.74. The van der Waals surface area contributed by atoms with E-state index in [2.05, 4.69) is 10.3 Å². The molecule has 0 aliphatic carbocycles. The number of carbonyl (C=O) groups excluding carboxylic acids is 1. The number of amides is 1. The lowest BCUT2D eigenvalue weighted by molar-refractivity contribution is -0.384. The number of phenols is 1. The van der Waals surface area contributed by atoms with Crippen LogP contribution in [0.4, 0.5) is 11.4 Å². The maximum atomic E-state index is 12.3. The summed E-state index contributed by atoms with van der Waals surface area (Å²) in [5, 5.41) is 24.6. The lowest BCUT2D eigenvalue weighted by Crippen LogP contribution is -2.12. The minimum atomic E-state index is -0.560. The van der Waals surface area contributed by atoms with Crippen molar-refractivity contribution in [3.63, 3.8) is 0 Å². The molecule has 4 rings (SSSR count). The van der Waals surface area contributed by atoms with E-state index in [-0.39, 0.29) is 17.0 Å². The van der Waals surface area contributed by atoms with Crippen LogP contribution in [-0.4, -0.2) is 20.9 Å². The molecule has 3 aromatic carbocycles. The summed E-state index contributed by atoms with van der Waals surface area (Å²) >= 11 is 1.46. The van der Waals surface area contributed by atoms with Crippen LogP contribution in [0.3, 0.4) is 0 Å². The average Bonchev–Trinajstić information content (AvgIpc) is 3.12. The Morgan fingerprint density at radius 3 is 2.64 bits per heavy atom. The average molecular weight is 391 g/mol. The van der Waals surface area contributed by atoms with Crippen molar-refractivity contribution in [1.82, 2.24) is 4.98 Å². The van der Waals surface area contributed by atoms with Crippen molar-refractivity contribution in [3.8, 4) is 16.3 Å². The number of anilines is 1. The molecular weight excluding hydrogens is 378 g/mol. The molecule has 0 aliphatic heterocycles. The first-order chi connectivity index (χ1) is 13.5. The fraction of sp³-hybridized carbons (Fsp3) is 0. The van der Waals surface area contributed by atoms with Crippen LogP contribution in [-0.2, 0) is 0 Å². The first-order valence-electron chi connectivity index (χ1n) is 8.26. The molecule has 4 aromatic rings. The highest BCUT2D eigenvalue weighted by molar-refractivity contribution is 7.21. The number of thiazole rings is 1. The third kappa shape index (κ3) is 3.40. The number of hydrogen-bond acceptors (Lipinski definition) is 6. The van der Waals surface area contributed by atoms with Crippen LogP contribution < -0.4 is 5.32 Å².